The SMILES string of the molecule is Cc1nc(N2CCOCC2)ncc1C(C)C. The van der Waals surface area contributed by atoms with Gasteiger partial charge >= 0.3 is 0 Å². The van der Waals surface area contributed by atoms with Crippen molar-refractivity contribution in [3.8, 4) is 0 Å². The van der Waals surface area contributed by atoms with Crippen molar-refractivity contribution in [1.29, 1.82) is 0 Å². The molecular weight excluding hydrogens is 202 g/mol. The monoisotopic (exact) mass is 221 g/mol. The molecule has 0 aromatic carbocycles. The number of morpholine rings is 1. The fourth-order valence-electron chi connectivity index (χ4n) is 1.95. The molecule has 0 spiro atoms. The van der Waals surface area contributed by atoms with Crippen LogP contribution in [0, 0.1) is 6.92 Å². The second-order valence-electron chi connectivity index (χ2n) is 4.46. The number of anilines is 1. The number of ether oxygens (including phenoxy) is 1. The minimum absolute atomic E-state index is 0.485. The molecule has 2 rings (SSSR count). The van der Waals surface area contributed by atoms with Gasteiger partial charge in [0.1, 0.15) is 0 Å². The van der Waals surface area contributed by atoms with E-state index in [1.54, 1.807) is 0 Å². The van der Waals surface area contributed by atoms with Gasteiger partial charge in [0.15, 0.2) is 0 Å². The summed E-state index contributed by atoms with van der Waals surface area (Å²) < 4.78 is 5.32. The van der Waals surface area contributed by atoms with Crippen LogP contribution in [0.2, 0.25) is 0 Å². The molecule has 88 valence electrons. The molecule has 4 heteroatoms. The van der Waals surface area contributed by atoms with Gasteiger partial charge in [-0.1, -0.05) is 13.8 Å². The summed E-state index contributed by atoms with van der Waals surface area (Å²) in [5, 5.41) is 0. The summed E-state index contributed by atoms with van der Waals surface area (Å²) in [6.07, 6.45) is 1.96. The fraction of sp³-hybridized carbons (Fsp3) is 0.667. The highest BCUT2D eigenvalue weighted by atomic mass is 16.5. The smallest absolute Gasteiger partial charge is 0.225 e. The Morgan fingerprint density at radius 1 is 1.31 bits per heavy atom. The Kier molecular flexibility index (Phi) is 3.39. The second-order valence-corrected chi connectivity index (χ2v) is 4.46. The first kappa shape index (κ1) is 11.3. The molecule has 0 atom stereocenters. The average molecular weight is 221 g/mol. The van der Waals surface area contributed by atoms with Crippen molar-refractivity contribution in [2.75, 3.05) is 31.2 Å². The predicted octanol–water partition coefficient (Wildman–Crippen LogP) is 1.75. The normalized spacial score (nSPS) is 16.9. The molecule has 1 saturated heterocycles. The molecule has 0 amide bonds. The van der Waals surface area contributed by atoms with E-state index in [0.717, 1.165) is 37.9 Å². The molecule has 0 bridgehead atoms. The van der Waals surface area contributed by atoms with Crippen LogP contribution in [0.25, 0.3) is 0 Å². The van der Waals surface area contributed by atoms with E-state index in [4.69, 9.17) is 4.74 Å². The minimum Gasteiger partial charge on any atom is -0.378 e. The summed E-state index contributed by atoms with van der Waals surface area (Å²) in [5.74, 6) is 1.32. The Labute approximate surface area is 96.7 Å². The third kappa shape index (κ3) is 2.32. The molecule has 1 aliphatic heterocycles. The van der Waals surface area contributed by atoms with Crippen LogP contribution in [0.15, 0.2) is 6.20 Å². The highest BCUT2D eigenvalue weighted by Gasteiger charge is 2.15. The Morgan fingerprint density at radius 3 is 2.56 bits per heavy atom. The molecule has 2 heterocycles. The second kappa shape index (κ2) is 4.78. The molecular formula is C12H19N3O. The number of aryl methyl sites for hydroxylation is 1. The van der Waals surface area contributed by atoms with Crippen molar-refractivity contribution < 1.29 is 4.74 Å². The van der Waals surface area contributed by atoms with Crippen LogP contribution in [0.5, 0.6) is 0 Å². The van der Waals surface area contributed by atoms with Gasteiger partial charge in [0.25, 0.3) is 0 Å². The summed E-state index contributed by atoms with van der Waals surface area (Å²) in [4.78, 5) is 11.2. The van der Waals surface area contributed by atoms with Crippen molar-refractivity contribution in [2.45, 2.75) is 26.7 Å². The van der Waals surface area contributed by atoms with E-state index in [1.807, 2.05) is 6.20 Å². The first-order chi connectivity index (χ1) is 7.68. The number of nitrogens with zero attached hydrogens (tertiary/aromatic N) is 3. The Bertz CT molecular complexity index is 359. The summed E-state index contributed by atoms with van der Waals surface area (Å²) in [7, 11) is 0. The van der Waals surface area contributed by atoms with E-state index in [-0.39, 0.29) is 0 Å². The predicted molar refractivity (Wildman–Crippen MR) is 63.9 cm³/mol. The third-order valence-electron chi connectivity index (χ3n) is 2.92. The van der Waals surface area contributed by atoms with E-state index in [9.17, 15) is 0 Å². The Balaban J connectivity index is 2.19. The number of hydrogen-bond acceptors (Lipinski definition) is 4. The van der Waals surface area contributed by atoms with Gasteiger partial charge in [-0.3, -0.25) is 0 Å². The Hall–Kier alpha value is -1.16. The fourth-order valence-corrected chi connectivity index (χ4v) is 1.95. The topological polar surface area (TPSA) is 38.2 Å². The van der Waals surface area contributed by atoms with Crippen LogP contribution >= 0.6 is 0 Å². The summed E-state index contributed by atoms with van der Waals surface area (Å²) in [6, 6.07) is 0. The maximum atomic E-state index is 5.32. The minimum atomic E-state index is 0.485. The third-order valence-corrected chi connectivity index (χ3v) is 2.92. The van der Waals surface area contributed by atoms with E-state index in [0.29, 0.717) is 5.92 Å². The molecule has 16 heavy (non-hydrogen) atoms. The zero-order chi connectivity index (χ0) is 11.5. The van der Waals surface area contributed by atoms with E-state index >= 15 is 0 Å². The van der Waals surface area contributed by atoms with Gasteiger partial charge in [-0.15, -0.1) is 0 Å². The standard InChI is InChI=1S/C12H19N3O/c1-9(2)11-8-13-12(14-10(11)3)15-4-6-16-7-5-15/h8-9H,4-7H2,1-3H3. The molecule has 0 unspecified atom stereocenters. The lowest BCUT2D eigenvalue weighted by atomic mass is 10.0. The summed E-state index contributed by atoms with van der Waals surface area (Å²) in [5.41, 5.74) is 2.32. The van der Waals surface area contributed by atoms with Crippen LogP contribution in [-0.4, -0.2) is 36.3 Å². The van der Waals surface area contributed by atoms with Gasteiger partial charge in [-0.2, -0.15) is 0 Å². The van der Waals surface area contributed by atoms with Gasteiger partial charge < -0.3 is 9.64 Å². The van der Waals surface area contributed by atoms with Crippen molar-refractivity contribution in [3.63, 3.8) is 0 Å². The molecule has 0 radical (unpaired) electrons. The van der Waals surface area contributed by atoms with Gasteiger partial charge in [0.2, 0.25) is 5.95 Å². The molecule has 0 N–H and O–H groups in total. The van der Waals surface area contributed by atoms with Gasteiger partial charge in [-0.25, -0.2) is 9.97 Å². The van der Waals surface area contributed by atoms with Crippen molar-refractivity contribution >= 4 is 5.95 Å². The van der Waals surface area contributed by atoms with E-state index < -0.39 is 0 Å². The van der Waals surface area contributed by atoms with Crippen molar-refractivity contribution in [1.82, 2.24) is 9.97 Å². The van der Waals surface area contributed by atoms with Crippen LogP contribution in [0.4, 0.5) is 5.95 Å². The van der Waals surface area contributed by atoms with Crippen LogP contribution in [0.1, 0.15) is 31.0 Å². The molecule has 1 aromatic heterocycles. The van der Waals surface area contributed by atoms with Gasteiger partial charge in [0.05, 0.1) is 13.2 Å². The summed E-state index contributed by atoms with van der Waals surface area (Å²) in [6.45, 7) is 9.71. The van der Waals surface area contributed by atoms with E-state index in [2.05, 4.69) is 35.6 Å². The number of rotatable bonds is 2. The first-order valence-corrected chi connectivity index (χ1v) is 5.84. The maximum Gasteiger partial charge on any atom is 0.225 e. The zero-order valence-electron chi connectivity index (χ0n) is 10.2. The average Bonchev–Trinajstić information content (AvgIpc) is 2.29. The molecule has 1 aromatic rings. The molecule has 0 saturated carbocycles. The largest absolute Gasteiger partial charge is 0.378 e. The van der Waals surface area contributed by atoms with Crippen LogP contribution in [0.3, 0.4) is 0 Å². The molecule has 0 aliphatic carbocycles. The highest BCUT2D eigenvalue weighted by Crippen LogP contribution is 2.19. The maximum absolute atomic E-state index is 5.32. The lowest BCUT2D eigenvalue weighted by molar-refractivity contribution is 0.122. The lowest BCUT2D eigenvalue weighted by Gasteiger charge is -2.27. The lowest BCUT2D eigenvalue weighted by Crippen LogP contribution is -2.37. The van der Waals surface area contributed by atoms with E-state index in [1.165, 1.54) is 5.56 Å². The molecule has 4 nitrogen and oxygen atoms in total. The number of hydrogen-bond donors (Lipinski definition) is 0. The van der Waals surface area contributed by atoms with Crippen molar-refractivity contribution in [2.24, 2.45) is 0 Å². The zero-order valence-corrected chi connectivity index (χ0v) is 10.2. The quantitative estimate of drug-likeness (QED) is 0.762. The van der Waals surface area contributed by atoms with Crippen molar-refractivity contribution in [3.05, 3.63) is 17.5 Å². The molecule has 1 fully saturated rings. The molecule has 1 aliphatic rings. The first-order valence-electron chi connectivity index (χ1n) is 5.84. The van der Waals surface area contributed by atoms with Crippen LogP contribution < -0.4 is 4.90 Å². The Morgan fingerprint density at radius 2 is 2.00 bits per heavy atom. The van der Waals surface area contributed by atoms with Gasteiger partial charge in [0, 0.05) is 25.0 Å². The number of aromatic nitrogens is 2. The highest BCUT2D eigenvalue weighted by molar-refractivity contribution is 5.34. The summed E-state index contributed by atoms with van der Waals surface area (Å²) >= 11 is 0. The van der Waals surface area contributed by atoms with Gasteiger partial charge in [-0.05, 0) is 18.4 Å². The van der Waals surface area contributed by atoms with Crippen LogP contribution in [-0.2, 0) is 4.74 Å².